The van der Waals surface area contributed by atoms with Crippen LogP contribution in [-0.2, 0) is 14.8 Å². The van der Waals surface area contributed by atoms with Crippen LogP contribution in [0.2, 0.25) is 0 Å². The molecule has 1 fully saturated rings. The molecule has 166 valence electrons. The maximum atomic E-state index is 13.0. The maximum absolute atomic E-state index is 13.0. The van der Waals surface area contributed by atoms with E-state index in [4.69, 9.17) is 0 Å². The number of nitrogens with zero attached hydrogens (tertiary/aromatic N) is 3. The van der Waals surface area contributed by atoms with Crippen LogP contribution in [0.3, 0.4) is 0 Å². The Morgan fingerprint density at radius 1 is 1.03 bits per heavy atom. The van der Waals surface area contributed by atoms with Gasteiger partial charge in [-0.25, -0.2) is 8.42 Å². The Bertz CT molecular complexity index is 1110. The summed E-state index contributed by atoms with van der Waals surface area (Å²) in [5, 5.41) is 13.7. The number of carbonyl (C=O) groups is 1. The van der Waals surface area contributed by atoms with Gasteiger partial charge in [0.2, 0.25) is 15.9 Å². The quantitative estimate of drug-likeness (QED) is 0.539. The van der Waals surface area contributed by atoms with Gasteiger partial charge < -0.3 is 5.32 Å². The van der Waals surface area contributed by atoms with E-state index in [1.807, 2.05) is 17.9 Å². The SMILES string of the molecule is Cc1ccc(C)c(S(=O)(=O)N2CCN(CC(=O)Nc3cc([N+](=O)[O-])ccc3C)CC2)c1. The predicted octanol–water partition coefficient (Wildman–Crippen LogP) is 2.47. The van der Waals surface area contributed by atoms with E-state index in [0.29, 0.717) is 42.3 Å². The number of benzene rings is 2. The van der Waals surface area contributed by atoms with Crippen LogP contribution < -0.4 is 5.32 Å². The number of amides is 1. The third-order valence-corrected chi connectivity index (χ3v) is 7.41. The third kappa shape index (κ3) is 5.27. The summed E-state index contributed by atoms with van der Waals surface area (Å²) in [4.78, 5) is 25.1. The van der Waals surface area contributed by atoms with E-state index in [9.17, 15) is 23.3 Å². The highest BCUT2D eigenvalue weighted by Gasteiger charge is 2.30. The fourth-order valence-electron chi connectivity index (χ4n) is 3.50. The first-order valence-corrected chi connectivity index (χ1v) is 11.4. The van der Waals surface area contributed by atoms with Crippen LogP contribution in [0.4, 0.5) is 11.4 Å². The molecule has 0 unspecified atom stereocenters. The highest BCUT2D eigenvalue weighted by molar-refractivity contribution is 7.89. The van der Waals surface area contributed by atoms with Crippen molar-refractivity contribution in [3.05, 3.63) is 63.2 Å². The number of piperazine rings is 1. The molecular weight excluding hydrogens is 420 g/mol. The molecule has 1 amide bonds. The molecule has 1 aliphatic heterocycles. The number of anilines is 1. The summed E-state index contributed by atoms with van der Waals surface area (Å²) >= 11 is 0. The third-order valence-electron chi connectivity index (χ3n) is 5.37. The van der Waals surface area contributed by atoms with Crippen LogP contribution in [0.1, 0.15) is 16.7 Å². The van der Waals surface area contributed by atoms with E-state index >= 15 is 0 Å². The summed E-state index contributed by atoms with van der Waals surface area (Å²) in [6.07, 6.45) is 0. The summed E-state index contributed by atoms with van der Waals surface area (Å²) in [5.41, 5.74) is 2.63. The molecule has 1 saturated heterocycles. The Hall–Kier alpha value is -2.82. The minimum Gasteiger partial charge on any atom is -0.324 e. The standard InChI is InChI=1S/C21H26N4O5S/c1-15-4-5-17(3)20(12-15)31(29,30)24-10-8-23(9-11-24)14-21(26)22-19-13-18(25(27)28)7-6-16(19)2/h4-7,12-13H,8-11,14H2,1-3H3,(H,22,26). The Labute approximate surface area is 181 Å². The van der Waals surface area contributed by atoms with Crippen molar-refractivity contribution in [2.75, 3.05) is 38.0 Å². The van der Waals surface area contributed by atoms with Gasteiger partial charge in [0.05, 0.1) is 22.1 Å². The van der Waals surface area contributed by atoms with Crippen LogP contribution in [0.25, 0.3) is 0 Å². The minimum absolute atomic E-state index is 0.0828. The van der Waals surface area contributed by atoms with E-state index in [1.165, 1.54) is 16.4 Å². The zero-order valence-electron chi connectivity index (χ0n) is 17.8. The first-order chi connectivity index (χ1) is 14.6. The normalized spacial score (nSPS) is 15.6. The second kappa shape index (κ2) is 9.13. The topological polar surface area (TPSA) is 113 Å². The number of rotatable bonds is 6. The Balaban J connectivity index is 1.60. The molecule has 1 N–H and O–H groups in total. The summed E-state index contributed by atoms with van der Waals surface area (Å²) in [5.74, 6) is -0.297. The van der Waals surface area contributed by atoms with Crippen molar-refractivity contribution < 1.29 is 18.1 Å². The van der Waals surface area contributed by atoms with Gasteiger partial charge in [-0.3, -0.25) is 19.8 Å². The molecule has 2 aromatic carbocycles. The van der Waals surface area contributed by atoms with Crippen LogP contribution in [0.5, 0.6) is 0 Å². The molecule has 9 nitrogen and oxygen atoms in total. The predicted molar refractivity (Wildman–Crippen MR) is 118 cm³/mol. The molecule has 31 heavy (non-hydrogen) atoms. The summed E-state index contributed by atoms with van der Waals surface area (Å²) in [6.45, 7) is 6.91. The number of sulfonamides is 1. The van der Waals surface area contributed by atoms with Crippen molar-refractivity contribution in [2.24, 2.45) is 0 Å². The first kappa shape index (κ1) is 22.9. The largest absolute Gasteiger partial charge is 0.324 e. The number of nitrogens with one attached hydrogen (secondary N) is 1. The molecule has 0 atom stereocenters. The number of nitro benzene ring substituents is 1. The van der Waals surface area contributed by atoms with Crippen molar-refractivity contribution >= 4 is 27.3 Å². The van der Waals surface area contributed by atoms with Crippen LogP contribution >= 0.6 is 0 Å². The number of hydrogen-bond donors (Lipinski definition) is 1. The molecule has 2 aromatic rings. The zero-order chi connectivity index (χ0) is 22.8. The molecule has 10 heteroatoms. The highest BCUT2D eigenvalue weighted by Crippen LogP contribution is 2.23. The zero-order valence-corrected chi connectivity index (χ0v) is 18.6. The second-order valence-electron chi connectivity index (χ2n) is 7.75. The van der Waals surface area contributed by atoms with Crippen LogP contribution in [0, 0.1) is 30.9 Å². The van der Waals surface area contributed by atoms with E-state index in [-0.39, 0.29) is 18.1 Å². The monoisotopic (exact) mass is 446 g/mol. The lowest BCUT2D eigenvalue weighted by Gasteiger charge is -2.33. The first-order valence-electron chi connectivity index (χ1n) is 9.92. The number of carbonyl (C=O) groups excluding carboxylic acids is 1. The molecule has 1 heterocycles. The lowest BCUT2D eigenvalue weighted by molar-refractivity contribution is -0.384. The van der Waals surface area contributed by atoms with E-state index in [2.05, 4.69) is 5.32 Å². The second-order valence-corrected chi connectivity index (χ2v) is 9.66. The van der Waals surface area contributed by atoms with Crippen molar-refractivity contribution in [2.45, 2.75) is 25.7 Å². The lowest BCUT2D eigenvalue weighted by Crippen LogP contribution is -2.50. The highest BCUT2D eigenvalue weighted by atomic mass is 32.2. The van der Waals surface area contributed by atoms with Crippen LogP contribution in [-0.4, -0.2) is 61.2 Å². The minimum atomic E-state index is -3.59. The van der Waals surface area contributed by atoms with Gasteiger partial charge in [-0.15, -0.1) is 0 Å². The van der Waals surface area contributed by atoms with Gasteiger partial charge >= 0.3 is 0 Å². The van der Waals surface area contributed by atoms with E-state index in [0.717, 1.165) is 11.1 Å². The average molecular weight is 447 g/mol. The van der Waals surface area contributed by atoms with Crippen molar-refractivity contribution in [3.8, 4) is 0 Å². The summed E-state index contributed by atoms with van der Waals surface area (Å²) in [6, 6.07) is 9.69. The number of aryl methyl sites for hydroxylation is 3. The number of hydrogen-bond acceptors (Lipinski definition) is 6. The molecule has 0 radical (unpaired) electrons. The van der Waals surface area contributed by atoms with E-state index in [1.54, 1.807) is 32.0 Å². The van der Waals surface area contributed by atoms with Crippen molar-refractivity contribution in [1.29, 1.82) is 0 Å². The summed E-state index contributed by atoms with van der Waals surface area (Å²) < 4.78 is 27.5. The molecular formula is C21H26N4O5S. The average Bonchev–Trinajstić information content (AvgIpc) is 2.71. The van der Waals surface area contributed by atoms with Gasteiger partial charge in [-0.05, 0) is 43.5 Å². The molecule has 0 aromatic heterocycles. The molecule has 0 bridgehead atoms. The van der Waals surface area contributed by atoms with Crippen molar-refractivity contribution in [3.63, 3.8) is 0 Å². The van der Waals surface area contributed by atoms with E-state index < -0.39 is 14.9 Å². The van der Waals surface area contributed by atoms with Gasteiger partial charge in [0.25, 0.3) is 5.69 Å². The maximum Gasteiger partial charge on any atom is 0.271 e. The van der Waals surface area contributed by atoms with Gasteiger partial charge in [0, 0.05) is 38.3 Å². The Kier molecular flexibility index (Phi) is 6.73. The van der Waals surface area contributed by atoms with Gasteiger partial charge in [-0.1, -0.05) is 18.2 Å². The summed E-state index contributed by atoms with van der Waals surface area (Å²) in [7, 11) is -3.59. The Morgan fingerprint density at radius 3 is 2.32 bits per heavy atom. The molecule has 0 saturated carbocycles. The Morgan fingerprint density at radius 2 is 1.68 bits per heavy atom. The van der Waals surface area contributed by atoms with Crippen LogP contribution in [0.15, 0.2) is 41.3 Å². The fraction of sp³-hybridized carbons (Fsp3) is 0.381. The number of nitro groups is 1. The van der Waals surface area contributed by atoms with Gasteiger partial charge in [0.15, 0.2) is 0 Å². The molecule has 0 spiro atoms. The number of non-ortho nitro benzene ring substituents is 1. The smallest absolute Gasteiger partial charge is 0.271 e. The molecule has 1 aliphatic rings. The van der Waals surface area contributed by atoms with Crippen molar-refractivity contribution in [1.82, 2.24) is 9.21 Å². The molecule has 3 rings (SSSR count). The van der Waals surface area contributed by atoms with Gasteiger partial charge in [0.1, 0.15) is 0 Å². The van der Waals surface area contributed by atoms with Gasteiger partial charge in [-0.2, -0.15) is 4.31 Å². The molecule has 0 aliphatic carbocycles. The fourth-order valence-corrected chi connectivity index (χ4v) is 5.24. The lowest BCUT2D eigenvalue weighted by atomic mass is 10.2.